The largest absolute Gasteiger partial charge is 0.477 e. The number of nitrogens with zero attached hydrogens (tertiary/aromatic N) is 1. The van der Waals surface area contributed by atoms with Crippen LogP contribution in [0.5, 0.6) is 0 Å². The molecule has 2 rings (SSSR count). The van der Waals surface area contributed by atoms with Crippen molar-refractivity contribution < 1.29 is 19.6 Å². The Kier molecular flexibility index (Phi) is 4.93. The third-order valence-electron chi connectivity index (χ3n) is 3.53. The number of carboxylic acids is 1. The van der Waals surface area contributed by atoms with Gasteiger partial charge in [-0.05, 0) is 29.7 Å². The van der Waals surface area contributed by atoms with E-state index in [0.717, 1.165) is 11.6 Å². The van der Waals surface area contributed by atoms with Gasteiger partial charge in [0.25, 0.3) is 11.6 Å². The number of nitro groups is 1. The number of carbonyl (C=O) groups excluding carboxylic acids is 1. The van der Waals surface area contributed by atoms with E-state index in [1.54, 1.807) is 12.1 Å². The van der Waals surface area contributed by atoms with Crippen LogP contribution in [0, 0.1) is 10.1 Å². The predicted molar refractivity (Wildman–Crippen MR) is 88.5 cm³/mol. The van der Waals surface area contributed by atoms with E-state index in [9.17, 15) is 24.8 Å². The molecule has 0 aliphatic heterocycles. The third-order valence-corrected chi connectivity index (χ3v) is 3.53. The number of carbonyl (C=O) groups is 2. The number of carboxylic acid groups (broad SMARTS) is 1. The van der Waals surface area contributed by atoms with Gasteiger partial charge in [0.2, 0.25) is 0 Å². The smallest absolute Gasteiger partial charge is 0.343 e. The minimum Gasteiger partial charge on any atom is -0.477 e. The molecule has 2 N–H and O–H groups in total. The molecule has 0 spiro atoms. The topological polar surface area (TPSA) is 110 Å². The zero-order valence-corrected chi connectivity index (χ0v) is 13.1. The Bertz CT molecular complexity index is 797. The number of nitro benzene ring substituents is 1. The van der Waals surface area contributed by atoms with Crippen molar-refractivity contribution in [1.29, 1.82) is 0 Å². The fourth-order valence-corrected chi connectivity index (χ4v) is 2.26. The molecule has 0 radical (unpaired) electrons. The summed E-state index contributed by atoms with van der Waals surface area (Å²) in [7, 11) is 0. The van der Waals surface area contributed by atoms with Gasteiger partial charge in [-0.25, -0.2) is 4.79 Å². The lowest BCUT2D eigenvalue weighted by molar-refractivity contribution is -0.385. The first-order valence-electron chi connectivity index (χ1n) is 7.23. The second kappa shape index (κ2) is 6.91. The van der Waals surface area contributed by atoms with Crippen molar-refractivity contribution in [3.8, 4) is 0 Å². The monoisotopic (exact) mass is 328 g/mol. The molecule has 0 unspecified atom stereocenters. The number of rotatable bonds is 5. The van der Waals surface area contributed by atoms with Gasteiger partial charge in [-0.1, -0.05) is 32.0 Å². The van der Waals surface area contributed by atoms with Gasteiger partial charge in [0, 0.05) is 11.8 Å². The van der Waals surface area contributed by atoms with Crippen LogP contribution in [-0.4, -0.2) is 21.9 Å². The van der Waals surface area contributed by atoms with E-state index in [4.69, 9.17) is 0 Å². The molecule has 0 aromatic heterocycles. The number of amides is 1. The Balaban J connectivity index is 2.34. The number of hydrogen-bond donors (Lipinski definition) is 2. The van der Waals surface area contributed by atoms with E-state index in [1.807, 2.05) is 26.0 Å². The molecule has 0 aliphatic rings. The summed E-state index contributed by atoms with van der Waals surface area (Å²) in [5.41, 5.74) is 0.0653. The van der Waals surface area contributed by atoms with Crippen molar-refractivity contribution in [2.75, 3.05) is 5.32 Å². The zero-order chi connectivity index (χ0) is 17.9. The Morgan fingerprint density at radius 3 is 2.25 bits per heavy atom. The molecule has 0 aliphatic carbocycles. The summed E-state index contributed by atoms with van der Waals surface area (Å²) in [6.45, 7) is 4.08. The molecule has 2 aromatic rings. The number of hydrogen-bond acceptors (Lipinski definition) is 4. The fraction of sp³-hybridized carbons (Fsp3) is 0.176. The predicted octanol–water partition coefficient (Wildman–Crippen LogP) is 3.67. The van der Waals surface area contributed by atoms with E-state index in [2.05, 4.69) is 5.32 Å². The molecule has 7 heteroatoms. The Hall–Kier alpha value is -3.22. The Morgan fingerprint density at radius 2 is 1.75 bits per heavy atom. The standard InChI is InChI=1S/C17H16N2O5/c1-10(2)11-6-8-12(9-7-11)18-16(20)13-4-3-5-14(19(23)24)15(13)17(21)22/h3-10H,1-2H3,(H,18,20)(H,21,22). The van der Waals surface area contributed by atoms with Gasteiger partial charge in [0.05, 0.1) is 10.5 Å². The van der Waals surface area contributed by atoms with Crippen molar-refractivity contribution in [3.63, 3.8) is 0 Å². The highest BCUT2D eigenvalue weighted by Gasteiger charge is 2.26. The highest BCUT2D eigenvalue weighted by atomic mass is 16.6. The Labute approximate surface area is 138 Å². The average Bonchev–Trinajstić information content (AvgIpc) is 2.54. The SMILES string of the molecule is CC(C)c1ccc(NC(=O)c2cccc([N+](=O)[O-])c2C(=O)O)cc1. The summed E-state index contributed by atoms with van der Waals surface area (Å²) in [6, 6.07) is 10.7. The van der Waals surface area contributed by atoms with E-state index in [0.29, 0.717) is 11.6 Å². The van der Waals surface area contributed by atoms with Crippen LogP contribution in [0.4, 0.5) is 11.4 Å². The number of benzene rings is 2. The van der Waals surface area contributed by atoms with Gasteiger partial charge < -0.3 is 10.4 Å². The maximum atomic E-state index is 12.3. The Morgan fingerprint density at radius 1 is 1.12 bits per heavy atom. The highest BCUT2D eigenvalue weighted by molar-refractivity contribution is 6.12. The van der Waals surface area contributed by atoms with Crippen LogP contribution in [0.15, 0.2) is 42.5 Å². The van der Waals surface area contributed by atoms with Crippen LogP contribution in [-0.2, 0) is 0 Å². The van der Waals surface area contributed by atoms with Crippen LogP contribution < -0.4 is 5.32 Å². The first kappa shape index (κ1) is 17.1. The lowest BCUT2D eigenvalue weighted by Gasteiger charge is -2.10. The van der Waals surface area contributed by atoms with Crippen molar-refractivity contribution in [2.45, 2.75) is 19.8 Å². The molecule has 0 heterocycles. The summed E-state index contributed by atoms with van der Waals surface area (Å²) in [5.74, 6) is -1.90. The van der Waals surface area contributed by atoms with E-state index in [1.165, 1.54) is 12.1 Å². The molecule has 7 nitrogen and oxygen atoms in total. The molecule has 2 aromatic carbocycles. The molecule has 0 saturated heterocycles. The quantitative estimate of drug-likeness (QED) is 0.643. The molecule has 1 amide bonds. The second-order valence-electron chi connectivity index (χ2n) is 5.49. The van der Waals surface area contributed by atoms with Crippen molar-refractivity contribution in [3.05, 3.63) is 69.3 Å². The summed E-state index contributed by atoms with van der Waals surface area (Å²) >= 11 is 0. The van der Waals surface area contributed by atoms with E-state index in [-0.39, 0.29) is 5.56 Å². The van der Waals surface area contributed by atoms with Gasteiger partial charge in [-0.2, -0.15) is 0 Å². The minimum absolute atomic E-state index is 0.260. The van der Waals surface area contributed by atoms with Crippen LogP contribution >= 0.6 is 0 Å². The molecule has 0 fully saturated rings. The first-order valence-corrected chi connectivity index (χ1v) is 7.23. The van der Waals surface area contributed by atoms with Gasteiger partial charge in [0.1, 0.15) is 5.56 Å². The van der Waals surface area contributed by atoms with Crippen LogP contribution in [0.1, 0.15) is 46.0 Å². The maximum absolute atomic E-state index is 12.3. The normalized spacial score (nSPS) is 10.5. The third kappa shape index (κ3) is 3.57. The zero-order valence-electron chi connectivity index (χ0n) is 13.1. The summed E-state index contributed by atoms with van der Waals surface area (Å²) in [6.07, 6.45) is 0. The lowest BCUT2D eigenvalue weighted by atomic mass is 10.0. The maximum Gasteiger partial charge on any atom is 0.343 e. The molecular weight excluding hydrogens is 312 g/mol. The van der Waals surface area contributed by atoms with Gasteiger partial charge in [-0.15, -0.1) is 0 Å². The van der Waals surface area contributed by atoms with Crippen molar-refractivity contribution in [1.82, 2.24) is 0 Å². The summed E-state index contributed by atoms with van der Waals surface area (Å²) < 4.78 is 0. The highest BCUT2D eigenvalue weighted by Crippen LogP contribution is 2.24. The van der Waals surface area contributed by atoms with Gasteiger partial charge in [0.15, 0.2) is 0 Å². The molecule has 24 heavy (non-hydrogen) atoms. The fourth-order valence-electron chi connectivity index (χ4n) is 2.26. The molecule has 0 bridgehead atoms. The van der Waals surface area contributed by atoms with Crippen LogP contribution in [0.3, 0.4) is 0 Å². The van der Waals surface area contributed by atoms with E-state index >= 15 is 0 Å². The number of aromatic carboxylic acids is 1. The van der Waals surface area contributed by atoms with E-state index < -0.39 is 28.1 Å². The summed E-state index contributed by atoms with van der Waals surface area (Å²) in [5, 5.41) is 22.8. The number of nitrogens with one attached hydrogen (secondary N) is 1. The first-order chi connectivity index (χ1) is 11.3. The summed E-state index contributed by atoms with van der Waals surface area (Å²) in [4.78, 5) is 33.8. The van der Waals surface area contributed by atoms with Gasteiger partial charge >= 0.3 is 5.97 Å². The molecule has 124 valence electrons. The van der Waals surface area contributed by atoms with Crippen molar-refractivity contribution in [2.24, 2.45) is 0 Å². The molecule has 0 atom stereocenters. The average molecular weight is 328 g/mol. The lowest BCUT2D eigenvalue weighted by Crippen LogP contribution is -2.17. The minimum atomic E-state index is -1.53. The van der Waals surface area contributed by atoms with Crippen LogP contribution in [0.25, 0.3) is 0 Å². The number of anilines is 1. The van der Waals surface area contributed by atoms with Crippen LogP contribution in [0.2, 0.25) is 0 Å². The van der Waals surface area contributed by atoms with Gasteiger partial charge in [-0.3, -0.25) is 14.9 Å². The van der Waals surface area contributed by atoms with Crippen molar-refractivity contribution >= 4 is 23.3 Å². The molecular formula is C17H16N2O5. The second-order valence-corrected chi connectivity index (χ2v) is 5.49. The molecule has 0 saturated carbocycles.